The lowest BCUT2D eigenvalue weighted by Crippen LogP contribution is -1.93. The van der Waals surface area contributed by atoms with Crippen LogP contribution >= 0.6 is 22.7 Å². The molecule has 0 fully saturated rings. The standard InChI is InChI=1S/C30H21NS2/c1-2-6-24(7-3-1)31-29-20-22(10-14-25-8-4-18-32-25)12-16-27(29)28-17-13-23(21-30(28)31)11-15-26-9-5-19-33-26/h1-21H/b14-10+,15-11+. The average molecular weight is 460 g/mol. The summed E-state index contributed by atoms with van der Waals surface area (Å²) < 4.78 is 2.38. The molecule has 6 aromatic rings. The van der Waals surface area contributed by atoms with Gasteiger partial charge in [-0.3, -0.25) is 0 Å². The first-order valence-electron chi connectivity index (χ1n) is 10.9. The van der Waals surface area contributed by atoms with E-state index in [1.165, 1.54) is 48.4 Å². The van der Waals surface area contributed by atoms with Gasteiger partial charge in [-0.05, 0) is 70.4 Å². The average Bonchev–Trinajstić information content (AvgIpc) is 3.62. The molecule has 0 bridgehead atoms. The molecule has 6 rings (SSSR count). The van der Waals surface area contributed by atoms with Crippen molar-refractivity contribution in [3.05, 3.63) is 123 Å². The van der Waals surface area contributed by atoms with Gasteiger partial charge >= 0.3 is 0 Å². The van der Waals surface area contributed by atoms with Gasteiger partial charge in [-0.15, -0.1) is 22.7 Å². The van der Waals surface area contributed by atoms with E-state index in [9.17, 15) is 0 Å². The molecule has 0 aliphatic carbocycles. The summed E-state index contributed by atoms with van der Waals surface area (Å²) in [6.45, 7) is 0. The molecule has 1 nitrogen and oxygen atoms in total. The molecule has 33 heavy (non-hydrogen) atoms. The van der Waals surface area contributed by atoms with Crippen molar-refractivity contribution >= 4 is 68.8 Å². The number of fused-ring (bicyclic) bond motifs is 3. The van der Waals surface area contributed by atoms with Crippen LogP contribution in [-0.4, -0.2) is 4.57 Å². The minimum Gasteiger partial charge on any atom is -0.309 e. The van der Waals surface area contributed by atoms with Crippen LogP contribution in [0.3, 0.4) is 0 Å². The van der Waals surface area contributed by atoms with Gasteiger partial charge in [0.15, 0.2) is 0 Å². The second kappa shape index (κ2) is 8.70. The number of rotatable bonds is 5. The van der Waals surface area contributed by atoms with E-state index in [1.54, 1.807) is 22.7 Å². The normalized spacial score (nSPS) is 12.0. The zero-order valence-electron chi connectivity index (χ0n) is 17.9. The first-order valence-corrected chi connectivity index (χ1v) is 12.7. The predicted octanol–water partition coefficient (Wildman–Crippen LogP) is 9.25. The molecule has 0 spiro atoms. The molecule has 0 atom stereocenters. The number of aromatic nitrogens is 1. The highest BCUT2D eigenvalue weighted by Crippen LogP contribution is 2.34. The fourth-order valence-corrected chi connectivity index (χ4v) is 5.48. The maximum Gasteiger partial charge on any atom is 0.0547 e. The highest BCUT2D eigenvalue weighted by Gasteiger charge is 2.13. The first-order chi connectivity index (χ1) is 16.3. The zero-order chi connectivity index (χ0) is 22.0. The lowest BCUT2D eigenvalue weighted by molar-refractivity contribution is 1.18. The van der Waals surface area contributed by atoms with Crippen molar-refractivity contribution in [2.45, 2.75) is 0 Å². The summed E-state index contributed by atoms with van der Waals surface area (Å²) in [4.78, 5) is 2.53. The molecule has 0 saturated heterocycles. The molecule has 3 aromatic carbocycles. The second-order valence-electron chi connectivity index (χ2n) is 7.92. The van der Waals surface area contributed by atoms with Gasteiger partial charge in [-0.1, -0.05) is 66.7 Å². The maximum atomic E-state index is 2.38. The van der Waals surface area contributed by atoms with Gasteiger partial charge < -0.3 is 4.57 Å². The SMILES string of the molecule is C(=C\c1cccs1)/c1ccc2c3ccc(/C=C/c4cccs4)cc3n(-c3ccccc3)c2c1. The van der Waals surface area contributed by atoms with Gasteiger partial charge in [0.1, 0.15) is 0 Å². The van der Waals surface area contributed by atoms with Crippen LogP contribution in [0.1, 0.15) is 20.9 Å². The molecule has 3 aromatic heterocycles. The number of para-hydroxylation sites is 1. The smallest absolute Gasteiger partial charge is 0.0547 e. The van der Waals surface area contributed by atoms with E-state index in [2.05, 4.69) is 131 Å². The maximum absolute atomic E-state index is 2.38. The predicted molar refractivity (Wildman–Crippen MR) is 147 cm³/mol. The van der Waals surface area contributed by atoms with Crippen LogP contribution in [0.2, 0.25) is 0 Å². The summed E-state index contributed by atoms with van der Waals surface area (Å²) in [6.07, 6.45) is 8.78. The van der Waals surface area contributed by atoms with Gasteiger partial charge in [0.2, 0.25) is 0 Å². The van der Waals surface area contributed by atoms with Crippen LogP contribution in [-0.2, 0) is 0 Å². The summed E-state index contributed by atoms with van der Waals surface area (Å²) in [5, 5.41) is 6.77. The number of benzene rings is 3. The van der Waals surface area contributed by atoms with Crippen molar-refractivity contribution in [1.82, 2.24) is 4.57 Å². The van der Waals surface area contributed by atoms with Crippen molar-refractivity contribution in [3.8, 4) is 5.69 Å². The van der Waals surface area contributed by atoms with Gasteiger partial charge in [0.25, 0.3) is 0 Å². The Hall–Kier alpha value is -3.66. The van der Waals surface area contributed by atoms with Gasteiger partial charge in [0.05, 0.1) is 11.0 Å². The molecule has 0 unspecified atom stereocenters. The number of hydrogen-bond acceptors (Lipinski definition) is 2. The van der Waals surface area contributed by atoms with Crippen molar-refractivity contribution in [2.75, 3.05) is 0 Å². The van der Waals surface area contributed by atoms with Gasteiger partial charge in [-0.2, -0.15) is 0 Å². The number of thiophene rings is 2. The fourth-order valence-electron chi connectivity index (χ4n) is 4.24. The van der Waals surface area contributed by atoms with E-state index in [0.717, 1.165) is 0 Å². The third kappa shape index (κ3) is 3.97. The first kappa shape index (κ1) is 20.0. The molecular weight excluding hydrogens is 438 g/mol. The van der Waals surface area contributed by atoms with Gasteiger partial charge in [0, 0.05) is 26.2 Å². The Morgan fingerprint density at radius 1 is 0.515 bits per heavy atom. The van der Waals surface area contributed by atoms with Crippen LogP contribution < -0.4 is 0 Å². The highest BCUT2D eigenvalue weighted by molar-refractivity contribution is 7.11. The quantitative estimate of drug-likeness (QED) is 0.242. The Morgan fingerprint density at radius 3 is 1.55 bits per heavy atom. The molecule has 0 radical (unpaired) electrons. The third-order valence-corrected chi connectivity index (χ3v) is 7.47. The monoisotopic (exact) mass is 459 g/mol. The molecule has 0 saturated carbocycles. The summed E-state index contributed by atoms with van der Waals surface area (Å²) in [5.41, 5.74) is 6.03. The van der Waals surface area contributed by atoms with Crippen molar-refractivity contribution in [1.29, 1.82) is 0 Å². The van der Waals surface area contributed by atoms with Crippen LogP contribution in [0, 0.1) is 0 Å². The third-order valence-electron chi connectivity index (χ3n) is 5.80. The Kier molecular flexibility index (Phi) is 5.27. The second-order valence-corrected chi connectivity index (χ2v) is 9.88. The van der Waals surface area contributed by atoms with E-state index in [0.29, 0.717) is 0 Å². The molecule has 3 heterocycles. The number of hydrogen-bond donors (Lipinski definition) is 0. The molecule has 0 amide bonds. The summed E-state index contributed by atoms with van der Waals surface area (Å²) in [7, 11) is 0. The highest BCUT2D eigenvalue weighted by atomic mass is 32.1. The van der Waals surface area contributed by atoms with Crippen molar-refractivity contribution < 1.29 is 0 Å². The zero-order valence-corrected chi connectivity index (χ0v) is 19.5. The minimum atomic E-state index is 1.18. The van der Waals surface area contributed by atoms with E-state index in [-0.39, 0.29) is 0 Å². The Balaban J connectivity index is 1.53. The lowest BCUT2D eigenvalue weighted by atomic mass is 10.1. The lowest BCUT2D eigenvalue weighted by Gasteiger charge is -2.08. The van der Waals surface area contributed by atoms with Crippen molar-refractivity contribution in [2.24, 2.45) is 0 Å². The van der Waals surface area contributed by atoms with Crippen LogP contribution in [0.25, 0.3) is 51.8 Å². The van der Waals surface area contributed by atoms with Crippen LogP contribution in [0.5, 0.6) is 0 Å². The fraction of sp³-hybridized carbons (Fsp3) is 0. The summed E-state index contributed by atoms with van der Waals surface area (Å²) >= 11 is 3.51. The minimum absolute atomic E-state index is 1.18. The van der Waals surface area contributed by atoms with E-state index >= 15 is 0 Å². The molecular formula is C30H21NS2. The Labute approximate surface area is 201 Å². The van der Waals surface area contributed by atoms with E-state index in [4.69, 9.17) is 0 Å². The van der Waals surface area contributed by atoms with Crippen LogP contribution in [0.15, 0.2) is 102 Å². The van der Waals surface area contributed by atoms with Crippen molar-refractivity contribution in [3.63, 3.8) is 0 Å². The Morgan fingerprint density at radius 2 is 1.06 bits per heavy atom. The summed E-state index contributed by atoms with van der Waals surface area (Å²) in [6, 6.07) is 32.7. The topological polar surface area (TPSA) is 4.93 Å². The largest absolute Gasteiger partial charge is 0.309 e. The van der Waals surface area contributed by atoms with Gasteiger partial charge in [-0.25, -0.2) is 0 Å². The molecule has 158 valence electrons. The molecule has 0 aliphatic heterocycles. The van der Waals surface area contributed by atoms with Crippen LogP contribution in [0.4, 0.5) is 0 Å². The summed E-state index contributed by atoms with van der Waals surface area (Å²) in [5.74, 6) is 0. The molecule has 0 aliphatic rings. The molecule has 0 N–H and O–H groups in total. The van der Waals surface area contributed by atoms with E-state index < -0.39 is 0 Å². The van der Waals surface area contributed by atoms with E-state index in [1.807, 2.05) is 0 Å². The molecule has 3 heteroatoms. The Bertz CT molecular complexity index is 1480. The number of nitrogens with zero attached hydrogens (tertiary/aromatic N) is 1.